The van der Waals surface area contributed by atoms with Crippen molar-refractivity contribution in [3.05, 3.63) is 27.3 Å². The van der Waals surface area contributed by atoms with E-state index in [1.165, 1.54) is 6.92 Å². The summed E-state index contributed by atoms with van der Waals surface area (Å²) >= 11 is 0. The topological polar surface area (TPSA) is 82.3 Å². The largest absolute Gasteiger partial charge is 0.575 e. The predicted molar refractivity (Wildman–Crippen MR) is 47.7 cm³/mol. The zero-order valence-corrected chi connectivity index (χ0v) is 8.32. The number of hydrogen-bond donors (Lipinski definition) is 0. The summed E-state index contributed by atoms with van der Waals surface area (Å²) in [5.74, 6) is -1.93. The summed E-state index contributed by atoms with van der Waals surface area (Å²) in [7, 11) is 0. The minimum Gasteiger partial charge on any atom is -0.366 e. The normalized spacial score (nSPS) is 11.1. The average Bonchev–Trinajstić information content (AvgIpc) is 2.18. The van der Waals surface area contributed by atoms with Crippen molar-refractivity contribution in [3.8, 4) is 5.88 Å². The Morgan fingerprint density at radius 1 is 1.53 bits per heavy atom. The van der Waals surface area contributed by atoms with E-state index in [2.05, 4.69) is 9.72 Å². The highest BCUT2D eigenvalue weighted by atomic mass is 19.4. The van der Waals surface area contributed by atoms with Crippen molar-refractivity contribution >= 4 is 12.1 Å². The van der Waals surface area contributed by atoms with E-state index in [-0.39, 0.29) is 11.8 Å². The molecule has 9 heteroatoms. The first kappa shape index (κ1) is 12.9. The van der Waals surface area contributed by atoms with Crippen LogP contribution in [0.25, 0.3) is 0 Å². The zero-order chi connectivity index (χ0) is 13.2. The van der Waals surface area contributed by atoms with E-state index in [0.717, 1.165) is 6.07 Å². The summed E-state index contributed by atoms with van der Waals surface area (Å²) in [6.07, 6.45) is -4.87. The van der Waals surface area contributed by atoms with Crippen LogP contribution >= 0.6 is 0 Å². The molecule has 92 valence electrons. The van der Waals surface area contributed by atoms with Crippen LogP contribution in [0.15, 0.2) is 6.07 Å². The number of nitrogens with zero attached hydrogens (tertiary/aromatic N) is 2. The van der Waals surface area contributed by atoms with Gasteiger partial charge in [-0.25, -0.2) is 0 Å². The quantitative estimate of drug-likeness (QED) is 0.465. The number of aryl methyl sites for hydroxylation is 1. The molecule has 0 radical (unpaired) electrons. The monoisotopic (exact) mass is 250 g/mol. The third-order valence-corrected chi connectivity index (χ3v) is 1.69. The van der Waals surface area contributed by atoms with Crippen molar-refractivity contribution in [3.63, 3.8) is 0 Å². The number of nitro groups is 1. The van der Waals surface area contributed by atoms with Gasteiger partial charge in [0.15, 0.2) is 6.29 Å². The summed E-state index contributed by atoms with van der Waals surface area (Å²) in [6.45, 7) is 1.19. The minimum absolute atomic E-state index is 0.130. The van der Waals surface area contributed by atoms with E-state index < -0.39 is 28.5 Å². The molecule has 0 N–H and O–H groups in total. The summed E-state index contributed by atoms with van der Waals surface area (Å²) in [5.41, 5.74) is -0.544. The Balaban J connectivity index is 3.29. The molecular formula is C8H5F3N2O4. The third kappa shape index (κ3) is 3.13. The number of halogens is 3. The maximum Gasteiger partial charge on any atom is 0.575 e. The van der Waals surface area contributed by atoms with E-state index in [4.69, 9.17) is 0 Å². The van der Waals surface area contributed by atoms with Crippen molar-refractivity contribution in [2.24, 2.45) is 0 Å². The molecule has 0 aliphatic rings. The SMILES string of the molecule is Cc1cc(C=O)c([N+](=O)[O-])nc1OC(F)(F)F. The van der Waals surface area contributed by atoms with Gasteiger partial charge in [0.1, 0.15) is 5.56 Å². The van der Waals surface area contributed by atoms with Crippen molar-refractivity contribution in [2.75, 3.05) is 0 Å². The Morgan fingerprint density at radius 3 is 2.53 bits per heavy atom. The molecule has 1 heterocycles. The second-order valence-electron chi connectivity index (χ2n) is 2.95. The maximum absolute atomic E-state index is 11.9. The van der Waals surface area contributed by atoms with Gasteiger partial charge in [-0.3, -0.25) is 4.79 Å². The average molecular weight is 250 g/mol. The molecule has 1 aromatic rings. The van der Waals surface area contributed by atoms with Gasteiger partial charge >= 0.3 is 18.1 Å². The molecule has 0 aliphatic carbocycles. The van der Waals surface area contributed by atoms with Crippen LogP contribution in [0.4, 0.5) is 19.0 Å². The molecule has 1 aromatic heterocycles. The van der Waals surface area contributed by atoms with Crippen LogP contribution in [0.3, 0.4) is 0 Å². The van der Waals surface area contributed by atoms with E-state index in [1.807, 2.05) is 0 Å². The number of rotatable bonds is 3. The fraction of sp³-hybridized carbons (Fsp3) is 0.250. The molecule has 0 saturated heterocycles. The Labute approximate surface area is 92.2 Å². The highest BCUT2D eigenvalue weighted by Crippen LogP contribution is 2.27. The molecule has 17 heavy (non-hydrogen) atoms. The molecule has 1 rings (SSSR count). The molecule has 6 nitrogen and oxygen atoms in total. The minimum atomic E-state index is -5.01. The van der Waals surface area contributed by atoms with Crippen LogP contribution < -0.4 is 4.74 Å². The summed E-state index contributed by atoms with van der Waals surface area (Å²) in [5, 5.41) is 10.5. The molecule has 0 fully saturated rings. The van der Waals surface area contributed by atoms with Crippen molar-refractivity contribution < 1.29 is 27.6 Å². The zero-order valence-electron chi connectivity index (χ0n) is 8.32. The van der Waals surface area contributed by atoms with Gasteiger partial charge in [0.2, 0.25) is 0 Å². The van der Waals surface area contributed by atoms with Crippen LogP contribution in [0.5, 0.6) is 5.88 Å². The van der Waals surface area contributed by atoms with Gasteiger partial charge in [-0.1, -0.05) is 0 Å². The lowest BCUT2D eigenvalue weighted by atomic mass is 10.2. The summed E-state index contributed by atoms with van der Waals surface area (Å²) in [6, 6.07) is 0.902. The molecule has 0 amide bonds. The Bertz CT molecular complexity index is 473. The molecular weight excluding hydrogens is 245 g/mol. The number of hydrogen-bond acceptors (Lipinski definition) is 5. The van der Waals surface area contributed by atoms with Gasteiger partial charge in [0.25, 0.3) is 0 Å². The van der Waals surface area contributed by atoms with Gasteiger partial charge in [-0.2, -0.15) is 0 Å². The lowest BCUT2D eigenvalue weighted by Gasteiger charge is -2.07. The Morgan fingerprint density at radius 2 is 2.12 bits per heavy atom. The fourth-order valence-electron chi connectivity index (χ4n) is 1.05. The van der Waals surface area contributed by atoms with Crippen LogP contribution in [-0.2, 0) is 0 Å². The van der Waals surface area contributed by atoms with Crippen LogP contribution in [0.1, 0.15) is 15.9 Å². The second-order valence-corrected chi connectivity index (χ2v) is 2.95. The standard InChI is InChI=1S/C8H5F3N2O4/c1-4-2-5(3-14)6(13(15)16)12-7(4)17-8(9,10)11/h2-3H,1H3. The lowest BCUT2D eigenvalue weighted by molar-refractivity contribution is -0.390. The molecule has 0 saturated carbocycles. The highest BCUT2D eigenvalue weighted by molar-refractivity contribution is 5.80. The van der Waals surface area contributed by atoms with Gasteiger partial charge in [-0.15, -0.1) is 13.2 Å². The molecule has 0 unspecified atom stereocenters. The predicted octanol–water partition coefficient (Wildman–Crippen LogP) is 2.01. The Kier molecular flexibility index (Phi) is 3.30. The smallest absolute Gasteiger partial charge is 0.366 e. The van der Waals surface area contributed by atoms with Gasteiger partial charge in [-0.05, 0) is 17.9 Å². The number of aldehydes is 1. The number of ether oxygens (including phenoxy) is 1. The number of aromatic nitrogens is 1. The van der Waals surface area contributed by atoms with Gasteiger partial charge in [0.05, 0.1) is 0 Å². The van der Waals surface area contributed by atoms with Crippen LogP contribution in [-0.4, -0.2) is 22.6 Å². The summed E-state index contributed by atoms with van der Waals surface area (Å²) in [4.78, 5) is 22.9. The van der Waals surface area contributed by atoms with E-state index >= 15 is 0 Å². The maximum atomic E-state index is 11.9. The van der Waals surface area contributed by atoms with Crippen molar-refractivity contribution in [1.29, 1.82) is 0 Å². The molecule has 0 aliphatic heterocycles. The molecule has 0 atom stereocenters. The number of carbonyl (C=O) groups is 1. The van der Waals surface area contributed by atoms with E-state index in [0.29, 0.717) is 0 Å². The van der Waals surface area contributed by atoms with Gasteiger partial charge < -0.3 is 14.9 Å². The van der Waals surface area contributed by atoms with Crippen molar-refractivity contribution in [2.45, 2.75) is 13.3 Å². The third-order valence-electron chi connectivity index (χ3n) is 1.69. The first-order chi connectivity index (χ1) is 7.74. The molecule has 0 bridgehead atoms. The Hall–Kier alpha value is -2.19. The van der Waals surface area contributed by atoms with E-state index in [1.54, 1.807) is 0 Å². The van der Waals surface area contributed by atoms with Crippen LogP contribution in [0, 0.1) is 17.0 Å². The second kappa shape index (κ2) is 4.36. The fourth-order valence-corrected chi connectivity index (χ4v) is 1.05. The molecule has 0 aromatic carbocycles. The van der Waals surface area contributed by atoms with Crippen LogP contribution in [0.2, 0.25) is 0 Å². The first-order valence-corrected chi connectivity index (χ1v) is 4.11. The van der Waals surface area contributed by atoms with Gasteiger partial charge in [0, 0.05) is 10.5 Å². The number of pyridine rings is 1. The summed E-state index contributed by atoms with van der Waals surface area (Å²) < 4.78 is 39.3. The number of alkyl halides is 3. The first-order valence-electron chi connectivity index (χ1n) is 4.11. The number of carbonyl (C=O) groups excluding carboxylic acids is 1. The lowest BCUT2D eigenvalue weighted by Crippen LogP contribution is -2.19. The molecule has 0 spiro atoms. The van der Waals surface area contributed by atoms with Crippen molar-refractivity contribution in [1.82, 2.24) is 4.98 Å². The highest BCUT2D eigenvalue weighted by Gasteiger charge is 2.35. The van der Waals surface area contributed by atoms with E-state index in [9.17, 15) is 28.1 Å².